The minimum atomic E-state index is -0.347. The van der Waals surface area contributed by atoms with Gasteiger partial charge in [-0.3, -0.25) is 9.59 Å². The first-order valence-electron chi connectivity index (χ1n) is 8.16. The van der Waals surface area contributed by atoms with Crippen molar-refractivity contribution in [3.63, 3.8) is 0 Å². The molecule has 1 aliphatic heterocycles. The van der Waals surface area contributed by atoms with E-state index in [1.807, 2.05) is 0 Å². The van der Waals surface area contributed by atoms with E-state index in [1.54, 1.807) is 47.9 Å². The maximum Gasteiger partial charge on any atom is 0.409 e. The highest BCUT2D eigenvalue weighted by atomic mass is 16.6. The zero-order chi connectivity index (χ0) is 17.5. The number of nitrogens with zero attached hydrogens (tertiary/aromatic N) is 2. The van der Waals surface area contributed by atoms with E-state index in [-0.39, 0.29) is 17.9 Å². The lowest BCUT2D eigenvalue weighted by Crippen LogP contribution is -2.50. The summed E-state index contributed by atoms with van der Waals surface area (Å²) in [5.41, 5.74) is 0.978. The molecule has 1 aromatic carbocycles. The van der Waals surface area contributed by atoms with E-state index in [0.29, 0.717) is 50.5 Å². The Bertz CT molecular complexity index is 610. The second kappa shape index (κ2) is 8.33. The Morgan fingerprint density at radius 2 is 1.67 bits per heavy atom. The van der Waals surface area contributed by atoms with E-state index < -0.39 is 0 Å². The minimum Gasteiger partial charge on any atom is -0.450 e. The average molecular weight is 333 g/mol. The van der Waals surface area contributed by atoms with Crippen molar-refractivity contribution in [2.24, 2.45) is 0 Å². The fourth-order valence-corrected chi connectivity index (χ4v) is 2.49. The molecule has 0 aliphatic carbocycles. The van der Waals surface area contributed by atoms with Crippen LogP contribution in [0.1, 0.15) is 30.6 Å². The van der Waals surface area contributed by atoms with Gasteiger partial charge in [-0.1, -0.05) is 19.1 Å². The number of anilines is 1. The van der Waals surface area contributed by atoms with Gasteiger partial charge < -0.3 is 19.9 Å². The second-order valence-corrected chi connectivity index (χ2v) is 5.43. The summed E-state index contributed by atoms with van der Waals surface area (Å²) in [5, 5.41) is 2.75. The van der Waals surface area contributed by atoms with Gasteiger partial charge in [0, 0.05) is 32.6 Å². The smallest absolute Gasteiger partial charge is 0.409 e. The molecule has 1 fully saturated rings. The third-order valence-corrected chi connectivity index (χ3v) is 3.85. The lowest BCUT2D eigenvalue weighted by molar-refractivity contribution is -0.115. The van der Waals surface area contributed by atoms with Gasteiger partial charge >= 0.3 is 6.09 Å². The molecular weight excluding hydrogens is 310 g/mol. The molecule has 1 saturated heterocycles. The molecule has 0 unspecified atom stereocenters. The Labute approximate surface area is 141 Å². The largest absolute Gasteiger partial charge is 0.450 e. The number of para-hydroxylation sites is 1. The fraction of sp³-hybridized carbons (Fsp3) is 0.471. The third-order valence-electron chi connectivity index (χ3n) is 3.85. The highest BCUT2D eigenvalue weighted by Gasteiger charge is 2.26. The maximum atomic E-state index is 12.7. The monoisotopic (exact) mass is 333 g/mol. The number of rotatable bonds is 4. The minimum absolute atomic E-state index is 0.137. The first-order valence-corrected chi connectivity index (χ1v) is 8.16. The Morgan fingerprint density at radius 1 is 1.04 bits per heavy atom. The first kappa shape index (κ1) is 17.8. The van der Waals surface area contributed by atoms with Crippen LogP contribution in [0.4, 0.5) is 10.5 Å². The highest BCUT2D eigenvalue weighted by molar-refractivity contribution is 6.03. The van der Waals surface area contributed by atoms with E-state index in [1.165, 1.54) is 0 Å². The summed E-state index contributed by atoms with van der Waals surface area (Å²) in [7, 11) is 0. The van der Waals surface area contributed by atoms with Crippen molar-refractivity contribution in [2.75, 3.05) is 38.1 Å². The zero-order valence-corrected chi connectivity index (χ0v) is 14.1. The predicted molar refractivity (Wildman–Crippen MR) is 89.9 cm³/mol. The molecule has 7 nitrogen and oxygen atoms in total. The molecule has 0 saturated carbocycles. The zero-order valence-electron chi connectivity index (χ0n) is 14.1. The number of hydrogen-bond donors (Lipinski definition) is 1. The molecule has 1 N–H and O–H groups in total. The van der Waals surface area contributed by atoms with Crippen LogP contribution in [0.25, 0.3) is 0 Å². The van der Waals surface area contributed by atoms with Gasteiger partial charge in [0.05, 0.1) is 17.9 Å². The molecule has 24 heavy (non-hydrogen) atoms. The summed E-state index contributed by atoms with van der Waals surface area (Å²) in [6, 6.07) is 6.96. The van der Waals surface area contributed by atoms with Crippen molar-refractivity contribution in [3.8, 4) is 0 Å². The Hall–Kier alpha value is -2.57. The number of benzene rings is 1. The van der Waals surface area contributed by atoms with Gasteiger partial charge in [0.15, 0.2) is 0 Å². The number of hydrogen-bond acceptors (Lipinski definition) is 4. The van der Waals surface area contributed by atoms with Gasteiger partial charge in [-0.05, 0) is 19.1 Å². The summed E-state index contributed by atoms with van der Waals surface area (Å²) in [6.45, 7) is 5.61. The Balaban J connectivity index is 2.03. The van der Waals surface area contributed by atoms with Crippen molar-refractivity contribution < 1.29 is 19.1 Å². The molecular formula is C17H23N3O4. The Kier molecular flexibility index (Phi) is 6.17. The topological polar surface area (TPSA) is 79.0 Å². The number of ether oxygens (including phenoxy) is 1. The Morgan fingerprint density at radius 3 is 2.29 bits per heavy atom. The molecule has 1 heterocycles. The summed E-state index contributed by atoms with van der Waals surface area (Å²) in [5.74, 6) is -0.284. The molecule has 1 aromatic rings. The lowest BCUT2D eigenvalue weighted by Gasteiger charge is -2.34. The molecule has 3 amide bonds. The average Bonchev–Trinajstić information content (AvgIpc) is 2.62. The van der Waals surface area contributed by atoms with E-state index >= 15 is 0 Å². The van der Waals surface area contributed by atoms with Gasteiger partial charge in [-0.2, -0.15) is 0 Å². The second-order valence-electron chi connectivity index (χ2n) is 5.43. The first-order chi connectivity index (χ1) is 11.6. The number of piperazine rings is 1. The van der Waals surface area contributed by atoms with Crippen LogP contribution in [0.3, 0.4) is 0 Å². The van der Waals surface area contributed by atoms with E-state index in [0.717, 1.165) is 0 Å². The molecule has 0 bridgehead atoms. The quantitative estimate of drug-likeness (QED) is 0.913. The predicted octanol–water partition coefficient (Wildman–Crippen LogP) is 1.95. The van der Waals surface area contributed by atoms with Crippen LogP contribution in [0.2, 0.25) is 0 Å². The number of nitrogens with one attached hydrogen (secondary N) is 1. The molecule has 0 aromatic heterocycles. The number of carbonyl (C=O) groups is 3. The van der Waals surface area contributed by atoms with Gasteiger partial charge in [0.2, 0.25) is 5.91 Å². The molecule has 0 atom stereocenters. The van der Waals surface area contributed by atoms with Crippen LogP contribution in [0.15, 0.2) is 24.3 Å². The molecule has 2 rings (SSSR count). The highest BCUT2D eigenvalue weighted by Crippen LogP contribution is 2.19. The SMILES string of the molecule is CCOC(=O)N1CCN(C(=O)c2ccccc2NC(=O)CC)CC1. The summed E-state index contributed by atoms with van der Waals surface area (Å²) < 4.78 is 4.97. The lowest BCUT2D eigenvalue weighted by atomic mass is 10.1. The van der Waals surface area contributed by atoms with Gasteiger partial charge in [-0.15, -0.1) is 0 Å². The number of amides is 3. The van der Waals surface area contributed by atoms with Crippen LogP contribution in [0, 0.1) is 0 Å². The third kappa shape index (κ3) is 4.24. The van der Waals surface area contributed by atoms with Crippen LogP contribution in [-0.2, 0) is 9.53 Å². The maximum absolute atomic E-state index is 12.7. The number of carbonyl (C=O) groups excluding carboxylic acids is 3. The fourth-order valence-electron chi connectivity index (χ4n) is 2.49. The molecule has 130 valence electrons. The van der Waals surface area contributed by atoms with Crippen molar-refractivity contribution in [1.29, 1.82) is 0 Å². The van der Waals surface area contributed by atoms with Gasteiger partial charge in [0.25, 0.3) is 5.91 Å². The molecule has 0 spiro atoms. The summed E-state index contributed by atoms with van der Waals surface area (Å²) in [4.78, 5) is 39.3. The molecule has 0 radical (unpaired) electrons. The van der Waals surface area contributed by atoms with Crippen LogP contribution < -0.4 is 5.32 Å². The van der Waals surface area contributed by atoms with Crippen molar-refractivity contribution in [2.45, 2.75) is 20.3 Å². The summed E-state index contributed by atoms with van der Waals surface area (Å²) in [6.07, 6.45) is 0.000926. The van der Waals surface area contributed by atoms with E-state index in [9.17, 15) is 14.4 Å². The van der Waals surface area contributed by atoms with Crippen molar-refractivity contribution >= 4 is 23.6 Å². The van der Waals surface area contributed by atoms with Gasteiger partial charge in [-0.25, -0.2) is 4.79 Å². The van der Waals surface area contributed by atoms with Gasteiger partial charge in [0.1, 0.15) is 0 Å². The van der Waals surface area contributed by atoms with Crippen LogP contribution >= 0.6 is 0 Å². The molecule has 7 heteroatoms. The van der Waals surface area contributed by atoms with Crippen LogP contribution in [-0.4, -0.2) is 60.5 Å². The summed E-state index contributed by atoms with van der Waals surface area (Å²) >= 11 is 0. The van der Waals surface area contributed by atoms with Crippen LogP contribution in [0.5, 0.6) is 0 Å². The normalized spacial score (nSPS) is 14.2. The molecule has 1 aliphatic rings. The van der Waals surface area contributed by atoms with Crippen molar-refractivity contribution in [3.05, 3.63) is 29.8 Å². The van der Waals surface area contributed by atoms with E-state index in [4.69, 9.17) is 4.74 Å². The van der Waals surface area contributed by atoms with Crippen molar-refractivity contribution in [1.82, 2.24) is 9.80 Å². The van der Waals surface area contributed by atoms with E-state index in [2.05, 4.69) is 5.32 Å². The standard InChI is InChI=1S/C17H23N3O4/c1-3-15(21)18-14-8-6-5-7-13(14)16(22)19-9-11-20(12-10-19)17(23)24-4-2/h5-8H,3-4,9-12H2,1-2H3,(H,18,21).